The van der Waals surface area contributed by atoms with Gasteiger partial charge in [0.1, 0.15) is 12.4 Å². The zero-order valence-electron chi connectivity index (χ0n) is 17.4. The fourth-order valence-electron chi connectivity index (χ4n) is 3.42. The number of piperidine rings is 1. The van der Waals surface area contributed by atoms with Crippen molar-refractivity contribution in [3.05, 3.63) is 41.4 Å². The molecule has 3 rings (SSSR count). The van der Waals surface area contributed by atoms with E-state index in [4.69, 9.17) is 9.47 Å². The van der Waals surface area contributed by atoms with Gasteiger partial charge in [-0.25, -0.2) is 22.4 Å². The summed E-state index contributed by atoms with van der Waals surface area (Å²) in [7, 11) is -3.78. The molecule has 0 aromatic heterocycles. The molecule has 0 spiro atoms. The summed E-state index contributed by atoms with van der Waals surface area (Å²) in [5.41, 5.74) is 0.316. The van der Waals surface area contributed by atoms with Crippen LogP contribution in [-0.2, 0) is 29.1 Å². The van der Waals surface area contributed by atoms with Crippen LogP contribution in [0.2, 0.25) is 0 Å². The third kappa shape index (κ3) is 5.43. The highest BCUT2D eigenvalue weighted by atomic mass is 32.2. The normalized spacial score (nSPS) is 18.0. The first-order valence-electron chi connectivity index (χ1n) is 10.1. The first kappa shape index (κ1) is 23.7. The number of esters is 2. The summed E-state index contributed by atoms with van der Waals surface area (Å²) in [6.07, 6.45) is 0.494. The van der Waals surface area contributed by atoms with Gasteiger partial charge >= 0.3 is 18.0 Å². The van der Waals surface area contributed by atoms with E-state index in [0.717, 1.165) is 12.1 Å². The van der Waals surface area contributed by atoms with Crippen molar-refractivity contribution >= 4 is 28.0 Å². The van der Waals surface area contributed by atoms with Crippen LogP contribution in [0.4, 0.5) is 9.18 Å². The topological polar surface area (TPSA) is 131 Å². The van der Waals surface area contributed by atoms with E-state index in [-0.39, 0.29) is 61.9 Å². The standard InChI is InChI=1S/C20H24FN3O7S/c1-2-30-19(26)16-11-22-20(27)23-17(16)12-31-18(25)13-7-9-24(10-8-13)32(28,29)15-5-3-14(21)4-6-15/h3-6,13H,2,7-12H2,1H3,(H2,22,23,27). The number of nitrogens with zero attached hydrogens (tertiary/aromatic N) is 1. The molecule has 0 atom stereocenters. The molecule has 32 heavy (non-hydrogen) atoms. The molecule has 2 aliphatic rings. The number of carbonyl (C=O) groups is 3. The lowest BCUT2D eigenvalue weighted by atomic mass is 9.98. The molecule has 1 fully saturated rings. The van der Waals surface area contributed by atoms with Crippen LogP contribution in [0.1, 0.15) is 19.8 Å². The number of benzene rings is 1. The van der Waals surface area contributed by atoms with Gasteiger partial charge in [0.25, 0.3) is 0 Å². The molecule has 2 heterocycles. The van der Waals surface area contributed by atoms with Crippen LogP contribution in [0.5, 0.6) is 0 Å². The average molecular weight is 469 g/mol. The molecular formula is C20H24FN3O7S. The summed E-state index contributed by atoms with van der Waals surface area (Å²) in [6.45, 7) is 1.66. The quantitative estimate of drug-likeness (QED) is 0.567. The molecule has 12 heteroatoms. The molecule has 1 aromatic carbocycles. The lowest BCUT2D eigenvalue weighted by Crippen LogP contribution is -2.45. The summed E-state index contributed by atoms with van der Waals surface area (Å²) in [5, 5.41) is 4.91. The van der Waals surface area contributed by atoms with Crippen molar-refractivity contribution in [2.75, 3.05) is 32.8 Å². The third-order valence-electron chi connectivity index (χ3n) is 5.17. The second kappa shape index (κ2) is 10.1. The van der Waals surface area contributed by atoms with Crippen molar-refractivity contribution in [2.45, 2.75) is 24.7 Å². The maximum absolute atomic E-state index is 13.1. The van der Waals surface area contributed by atoms with Gasteiger partial charge in [0.2, 0.25) is 10.0 Å². The van der Waals surface area contributed by atoms with Gasteiger partial charge in [-0.3, -0.25) is 4.79 Å². The summed E-state index contributed by atoms with van der Waals surface area (Å²) in [6, 6.07) is 4.04. The molecule has 2 N–H and O–H groups in total. The molecule has 1 saturated heterocycles. The third-order valence-corrected chi connectivity index (χ3v) is 7.09. The van der Waals surface area contributed by atoms with Crippen LogP contribution in [0.15, 0.2) is 40.4 Å². The number of carbonyl (C=O) groups excluding carboxylic acids is 3. The Balaban J connectivity index is 1.58. The van der Waals surface area contributed by atoms with E-state index in [0.29, 0.717) is 0 Å². The minimum absolute atomic E-state index is 0.0139. The van der Waals surface area contributed by atoms with Gasteiger partial charge < -0.3 is 20.1 Å². The number of rotatable bonds is 7. The second-order valence-electron chi connectivity index (χ2n) is 7.23. The van der Waals surface area contributed by atoms with Gasteiger partial charge in [-0.1, -0.05) is 0 Å². The predicted octanol–water partition coefficient (Wildman–Crippen LogP) is 0.900. The molecule has 0 unspecified atom stereocenters. The van der Waals surface area contributed by atoms with E-state index in [9.17, 15) is 27.2 Å². The van der Waals surface area contributed by atoms with E-state index in [2.05, 4.69) is 10.6 Å². The zero-order chi connectivity index (χ0) is 23.3. The number of halogens is 1. The Kier molecular flexibility index (Phi) is 7.46. The molecule has 2 amide bonds. The monoisotopic (exact) mass is 469 g/mol. The molecular weight excluding hydrogens is 445 g/mol. The molecule has 0 aliphatic carbocycles. The fraction of sp³-hybridized carbons (Fsp3) is 0.450. The van der Waals surface area contributed by atoms with Crippen molar-refractivity contribution in [1.82, 2.24) is 14.9 Å². The van der Waals surface area contributed by atoms with Gasteiger partial charge in [-0.05, 0) is 44.0 Å². The maximum Gasteiger partial charge on any atom is 0.337 e. The lowest BCUT2D eigenvalue weighted by Gasteiger charge is -2.30. The second-order valence-corrected chi connectivity index (χ2v) is 9.16. The Labute approximate surface area is 184 Å². The van der Waals surface area contributed by atoms with Gasteiger partial charge in [-0.15, -0.1) is 0 Å². The molecule has 0 bridgehead atoms. The number of ether oxygens (including phenoxy) is 2. The first-order valence-corrected chi connectivity index (χ1v) is 11.5. The van der Waals surface area contributed by atoms with E-state index < -0.39 is 39.7 Å². The number of hydrogen-bond donors (Lipinski definition) is 2. The summed E-state index contributed by atoms with van der Waals surface area (Å²) < 4.78 is 49.9. The van der Waals surface area contributed by atoms with E-state index in [1.807, 2.05) is 0 Å². The van der Waals surface area contributed by atoms with Gasteiger partial charge in [0.05, 0.1) is 35.2 Å². The fourth-order valence-corrected chi connectivity index (χ4v) is 4.89. The highest BCUT2D eigenvalue weighted by Gasteiger charge is 2.33. The highest BCUT2D eigenvalue weighted by Crippen LogP contribution is 2.25. The number of urea groups is 1. The highest BCUT2D eigenvalue weighted by molar-refractivity contribution is 7.89. The van der Waals surface area contributed by atoms with Crippen molar-refractivity contribution < 1.29 is 36.7 Å². The molecule has 0 saturated carbocycles. The minimum atomic E-state index is -3.78. The Morgan fingerprint density at radius 2 is 1.81 bits per heavy atom. The van der Waals surface area contributed by atoms with E-state index in [1.165, 1.54) is 16.4 Å². The van der Waals surface area contributed by atoms with E-state index in [1.54, 1.807) is 6.92 Å². The van der Waals surface area contributed by atoms with Gasteiger partial charge in [0, 0.05) is 13.1 Å². The molecule has 0 radical (unpaired) electrons. The molecule has 10 nitrogen and oxygen atoms in total. The summed E-state index contributed by atoms with van der Waals surface area (Å²) >= 11 is 0. The van der Waals surface area contributed by atoms with Crippen molar-refractivity contribution in [1.29, 1.82) is 0 Å². The Bertz CT molecular complexity index is 1020. The Morgan fingerprint density at radius 3 is 2.44 bits per heavy atom. The number of sulfonamides is 1. The molecule has 174 valence electrons. The maximum atomic E-state index is 13.1. The van der Waals surface area contributed by atoms with Crippen LogP contribution in [0.3, 0.4) is 0 Å². The van der Waals surface area contributed by atoms with Crippen LogP contribution in [0.25, 0.3) is 0 Å². The summed E-state index contributed by atoms with van der Waals surface area (Å²) in [5.74, 6) is -2.23. The van der Waals surface area contributed by atoms with Crippen molar-refractivity contribution in [2.24, 2.45) is 5.92 Å². The predicted molar refractivity (Wildman–Crippen MR) is 109 cm³/mol. The number of hydrogen-bond acceptors (Lipinski definition) is 7. The Morgan fingerprint density at radius 1 is 1.16 bits per heavy atom. The zero-order valence-corrected chi connectivity index (χ0v) is 18.2. The lowest BCUT2D eigenvalue weighted by molar-refractivity contribution is -0.149. The average Bonchev–Trinajstić information content (AvgIpc) is 2.78. The van der Waals surface area contributed by atoms with Crippen molar-refractivity contribution in [3.8, 4) is 0 Å². The molecule has 1 aromatic rings. The van der Waals surface area contributed by atoms with Gasteiger partial charge in [-0.2, -0.15) is 4.31 Å². The van der Waals surface area contributed by atoms with Crippen molar-refractivity contribution in [3.63, 3.8) is 0 Å². The number of amides is 2. The van der Waals surface area contributed by atoms with Crippen LogP contribution < -0.4 is 10.6 Å². The Hall–Kier alpha value is -2.99. The van der Waals surface area contributed by atoms with Crippen LogP contribution in [-0.4, -0.2) is 63.5 Å². The number of nitrogens with one attached hydrogen (secondary N) is 2. The first-order chi connectivity index (χ1) is 15.2. The largest absolute Gasteiger partial charge is 0.463 e. The van der Waals surface area contributed by atoms with Crippen LogP contribution >= 0.6 is 0 Å². The molecule has 2 aliphatic heterocycles. The smallest absolute Gasteiger partial charge is 0.337 e. The summed E-state index contributed by atoms with van der Waals surface area (Å²) in [4.78, 5) is 36.1. The van der Waals surface area contributed by atoms with Crippen LogP contribution in [0, 0.1) is 11.7 Å². The van der Waals surface area contributed by atoms with Gasteiger partial charge in [0.15, 0.2) is 0 Å². The van der Waals surface area contributed by atoms with E-state index >= 15 is 0 Å². The SMILES string of the molecule is CCOC(=O)C1=C(COC(=O)C2CCN(S(=O)(=O)c3ccc(F)cc3)CC2)NC(=O)NC1. The minimum Gasteiger partial charge on any atom is -0.463 e.